The van der Waals surface area contributed by atoms with Crippen molar-refractivity contribution >= 4 is 0 Å². The maximum absolute atomic E-state index is 13.9. The van der Waals surface area contributed by atoms with E-state index in [4.69, 9.17) is 5.11 Å². The lowest BCUT2D eigenvalue weighted by Gasteiger charge is -2.43. The highest BCUT2D eigenvalue weighted by atomic mass is 19.4. The molecular formula is C12H14F11O. The van der Waals surface area contributed by atoms with Crippen molar-refractivity contribution in [1.29, 1.82) is 0 Å². The van der Waals surface area contributed by atoms with Crippen LogP contribution in [0.1, 0.15) is 26.2 Å². The predicted octanol–water partition coefficient (Wildman–Crippen LogP) is 4.89. The van der Waals surface area contributed by atoms with E-state index < -0.39 is 61.2 Å². The van der Waals surface area contributed by atoms with E-state index in [1.165, 1.54) is 0 Å². The molecule has 3 unspecified atom stereocenters. The molecule has 24 heavy (non-hydrogen) atoms. The quantitative estimate of drug-likeness (QED) is 0.592. The van der Waals surface area contributed by atoms with Crippen molar-refractivity contribution in [1.82, 2.24) is 0 Å². The summed E-state index contributed by atoms with van der Waals surface area (Å²) in [6.45, 7) is 3.36. The fourth-order valence-corrected chi connectivity index (χ4v) is 1.90. The van der Waals surface area contributed by atoms with Crippen LogP contribution in [0, 0.1) is 6.92 Å². The minimum atomic E-state index is -7.24. The summed E-state index contributed by atoms with van der Waals surface area (Å²) in [6.07, 6.45) is -18.6. The minimum Gasteiger partial charge on any atom is -0.393 e. The van der Waals surface area contributed by atoms with Gasteiger partial charge in [0.25, 0.3) is 0 Å². The first-order valence-corrected chi connectivity index (χ1v) is 6.44. The van der Waals surface area contributed by atoms with Crippen LogP contribution in [0.25, 0.3) is 0 Å². The minimum absolute atomic E-state index is 0.593. The molecular weight excluding hydrogens is 369 g/mol. The zero-order valence-corrected chi connectivity index (χ0v) is 12.1. The summed E-state index contributed by atoms with van der Waals surface area (Å²) in [7, 11) is 0. The highest BCUT2D eigenvalue weighted by molar-refractivity contribution is 5.16. The molecule has 12 heteroatoms. The first kappa shape index (κ1) is 23.2. The molecule has 0 aromatic rings. The number of halogens is 11. The van der Waals surface area contributed by atoms with E-state index in [1.54, 1.807) is 0 Å². The SMILES string of the molecule is [CH2]C(O)CC(F)(F)C(F)(F)C(F)(C(F)(F)F)C(F)(F)C(F)CCC. The van der Waals surface area contributed by atoms with Gasteiger partial charge in [0.2, 0.25) is 0 Å². The third kappa shape index (κ3) is 3.57. The maximum Gasteiger partial charge on any atom is 0.435 e. The number of hydrogen-bond donors (Lipinski definition) is 1. The number of aliphatic hydroxyl groups excluding tert-OH is 1. The summed E-state index contributed by atoms with van der Waals surface area (Å²) in [4.78, 5) is 0. The fourth-order valence-electron chi connectivity index (χ4n) is 1.90. The summed E-state index contributed by atoms with van der Waals surface area (Å²) >= 11 is 0. The van der Waals surface area contributed by atoms with Crippen molar-refractivity contribution < 1.29 is 53.4 Å². The molecule has 0 aliphatic carbocycles. The van der Waals surface area contributed by atoms with E-state index in [1.807, 2.05) is 0 Å². The second kappa shape index (κ2) is 6.83. The second-order valence-corrected chi connectivity index (χ2v) is 5.17. The molecule has 3 atom stereocenters. The third-order valence-corrected chi connectivity index (χ3v) is 3.17. The van der Waals surface area contributed by atoms with Crippen molar-refractivity contribution in [3.8, 4) is 0 Å². The summed E-state index contributed by atoms with van der Waals surface area (Å²) < 4.78 is 146. The summed E-state index contributed by atoms with van der Waals surface area (Å²) in [5.41, 5.74) is -7.21. The summed E-state index contributed by atoms with van der Waals surface area (Å²) in [5.74, 6) is -19.7. The van der Waals surface area contributed by atoms with Gasteiger partial charge in [-0.2, -0.15) is 39.5 Å². The van der Waals surface area contributed by atoms with E-state index >= 15 is 0 Å². The molecule has 0 bridgehead atoms. The lowest BCUT2D eigenvalue weighted by atomic mass is 9.81. The largest absolute Gasteiger partial charge is 0.435 e. The van der Waals surface area contributed by atoms with Gasteiger partial charge in [-0.05, 0) is 13.3 Å². The van der Waals surface area contributed by atoms with Crippen LogP contribution >= 0.6 is 0 Å². The van der Waals surface area contributed by atoms with E-state index in [2.05, 4.69) is 6.92 Å². The van der Waals surface area contributed by atoms with Crippen LogP contribution in [0.15, 0.2) is 0 Å². The Morgan fingerprint density at radius 3 is 1.62 bits per heavy atom. The number of hydrogen-bond acceptors (Lipinski definition) is 1. The van der Waals surface area contributed by atoms with Gasteiger partial charge in [0.15, 0.2) is 6.17 Å². The summed E-state index contributed by atoms with van der Waals surface area (Å²) in [6, 6.07) is 0. The van der Waals surface area contributed by atoms with Crippen molar-refractivity contribution in [2.24, 2.45) is 0 Å². The van der Waals surface area contributed by atoms with E-state index in [0.29, 0.717) is 0 Å². The fraction of sp³-hybridized carbons (Fsp3) is 0.917. The van der Waals surface area contributed by atoms with Gasteiger partial charge in [-0.15, -0.1) is 0 Å². The molecule has 0 aliphatic rings. The van der Waals surface area contributed by atoms with Gasteiger partial charge in [0.05, 0.1) is 6.10 Å². The van der Waals surface area contributed by atoms with Crippen LogP contribution in [0.3, 0.4) is 0 Å². The Kier molecular flexibility index (Phi) is 6.60. The Balaban J connectivity index is 6.39. The zero-order chi connectivity index (χ0) is 19.8. The first-order valence-electron chi connectivity index (χ1n) is 6.44. The number of alkyl halides is 11. The van der Waals surface area contributed by atoms with Gasteiger partial charge in [0.1, 0.15) is 0 Å². The Hall–Kier alpha value is -0.810. The number of rotatable bonds is 8. The van der Waals surface area contributed by atoms with Crippen molar-refractivity contribution in [3.63, 3.8) is 0 Å². The van der Waals surface area contributed by atoms with Crippen LogP contribution in [-0.2, 0) is 0 Å². The van der Waals surface area contributed by atoms with E-state index in [9.17, 15) is 48.3 Å². The molecule has 0 heterocycles. The normalized spacial score (nSPS) is 19.8. The smallest absolute Gasteiger partial charge is 0.393 e. The van der Waals surface area contributed by atoms with Gasteiger partial charge in [0, 0.05) is 6.42 Å². The highest BCUT2D eigenvalue weighted by Gasteiger charge is 2.89. The van der Waals surface area contributed by atoms with Crippen LogP contribution in [0.4, 0.5) is 48.3 Å². The molecule has 0 aliphatic heterocycles. The third-order valence-electron chi connectivity index (χ3n) is 3.17. The summed E-state index contributed by atoms with van der Waals surface area (Å²) in [5, 5.41) is 8.53. The molecule has 1 radical (unpaired) electrons. The van der Waals surface area contributed by atoms with Crippen LogP contribution in [0.2, 0.25) is 0 Å². The Morgan fingerprint density at radius 2 is 1.33 bits per heavy atom. The average Bonchev–Trinajstić information content (AvgIpc) is 2.34. The zero-order valence-electron chi connectivity index (χ0n) is 12.1. The molecule has 0 saturated heterocycles. The van der Waals surface area contributed by atoms with Gasteiger partial charge in [-0.25, -0.2) is 8.78 Å². The van der Waals surface area contributed by atoms with E-state index in [-0.39, 0.29) is 0 Å². The lowest BCUT2D eigenvalue weighted by Crippen LogP contribution is -2.73. The second-order valence-electron chi connectivity index (χ2n) is 5.17. The topological polar surface area (TPSA) is 20.2 Å². The lowest BCUT2D eigenvalue weighted by molar-refractivity contribution is -0.411. The van der Waals surface area contributed by atoms with Crippen LogP contribution < -0.4 is 0 Å². The van der Waals surface area contributed by atoms with Crippen molar-refractivity contribution in [3.05, 3.63) is 6.92 Å². The van der Waals surface area contributed by atoms with Gasteiger partial charge in [-0.3, -0.25) is 0 Å². The molecule has 0 aromatic carbocycles. The Bertz CT molecular complexity index is 418. The standard InChI is InChI=1S/C12H14F11O/c1-3-4-7(13)9(16,17)10(18,12(21,22)23)11(19,20)8(14,15)5-6(2)24/h6-7,24H,2-5H2,1H3. The van der Waals surface area contributed by atoms with Gasteiger partial charge < -0.3 is 5.11 Å². The molecule has 0 aromatic heterocycles. The number of aliphatic hydroxyl groups is 1. The molecule has 0 amide bonds. The van der Waals surface area contributed by atoms with Crippen molar-refractivity contribution in [2.75, 3.05) is 0 Å². The molecule has 0 spiro atoms. The molecule has 145 valence electrons. The van der Waals surface area contributed by atoms with E-state index in [0.717, 1.165) is 6.92 Å². The van der Waals surface area contributed by atoms with Gasteiger partial charge in [-0.1, -0.05) is 13.3 Å². The maximum atomic E-state index is 13.9. The molecule has 0 fully saturated rings. The monoisotopic (exact) mass is 383 g/mol. The van der Waals surface area contributed by atoms with Crippen LogP contribution in [0.5, 0.6) is 0 Å². The molecule has 0 rings (SSSR count). The molecule has 1 nitrogen and oxygen atoms in total. The van der Waals surface area contributed by atoms with Crippen LogP contribution in [-0.4, -0.2) is 47.0 Å². The highest BCUT2D eigenvalue weighted by Crippen LogP contribution is 2.60. The Labute approximate surface area is 129 Å². The first-order chi connectivity index (χ1) is 10.4. The molecule has 1 N–H and O–H groups in total. The predicted molar refractivity (Wildman–Crippen MR) is 60.5 cm³/mol. The Morgan fingerprint density at radius 1 is 0.917 bits per heavy atom. The molecule has 0 saturated carbocycles. The average molecular weight is 383 g/mol. The van der Waals surface area contributed by atoms with Crippen molar-refractivity contribution in [2.45, 2.75) is 68.1 Å². The van der Waals surface area contributed by atoms with Gasteiger partial charge >= 0.3 is 29.6 Å².